The molecule has 0 spiro atoms. The van der Waals surface area contributed by atoms with Crippen molar-refractivity contribution in [3.8, 4) is 0 Å². The lowest BCUT2D eigenvalue weighted by atomic mass is 9.90. The van der Waals surface area contributed by atoms with E-state index >= 15 is 0 Å². The van der Waals surface area contributed by atoms with Crippen LogP contribution in [0, 0.1) is 5.92 Å². The van der Waals surface area contributed by atoms with Crippen LogP contribution >= 0.6 is 11.6 Å². The van der Waals surface area contributed by atoms with Gasteiger partial charge in [-0.15, -0.1) is 0 Å². The number of benzene rings is 1. The van der Waals surface area contributed by atoms with Gasteiger partial charge in [-0.3, -0.25) is 4.79 Å². The van der Waals surface area contributed by atoms with Gasteiger partial charge in [0.05, 0.1) is 5.02 Å². The van der Waals surface area contributed by atoms with E-state index in [4.69, 9.17) is 11.6 Å². The lowest BCUT2D eigenvalue weighted by Crippen LogP contribution is -2.28. The Bertz CT molecular complexity index is 358. The average molecular weight is 223 g/mol. The monoisotopic (exact) mass is 222 g/mol. The number of hydrogen-bond donors (Lipinski definition) is 0. The largest absolute Gasteiger partial charge is 0.294 e. The van der Waals surface area contributed by atoms with Crippen molar-refractivity contribution in [1.82, 2.24) is 5.32 Å². The molecule has 0 unspecified atom stereocenters. The van der Waals surface area contributed by atoms with Crippen molar-refractivity contribution >= 4 is 17.4 Å². The maximum Gasteiger partial charge on any atom is 0.167 e. The van der Waals surface area contributed by atoms with Crippen LogP contribution in [-0.2, 0) is 0 Å². The Morgan fingerprint density at radius 3 is 2.60 bits per heavy atom. The summed E-state index contributed by atoms with van der Waals surface area (Å²) in [5.41, 5.74) is 0.658. The summed E-state index contributed by atoms with van der Waals surface area (Å²) in [6.45, 7) is 1.61. The van der Waals surface area contributed by atoms with Gasteiger partial charge in [0.15, 0.2) is 5.78 Å². The molecule has 1 fully saturated rings. The summed E-state index contributed by atoms with van der Waals surface area (Å²) < 4.78 is 0. The van der Waals surface area contributed by atoms with Gasteiger partial charge >= 0.3 is 0 Å². The Morgan fingerprint density at radius 2 is 1.93 bits per heavy atom. The van der Waals surface area contributed by atoms with Crippen LogP contribution in [0.4, 0.5) is 0 Å². The van der Waals surface area contributed by atoms with Gasteiger partial charge in [0.1, 0.15) is 0 Å². The van der Waals surface area contributed by atoms with E-state index < -0.39 is 0 Å². The number of carbonyl (C=O) groups is 1. The Balaban J connectivity index is 2.16. The molecule has 0 saturated carbocycles. The summed E-state index contributed by atoms with van der Waals surface area (Å²) in [4.78, 5) is 12.1. The highest BCUT2D eigenvalue weighted by atomic mass is 35.5. The zero-order valence-corrected chi connectivity index (χ0v) is 9.20. The maximum atomic E-state index is 12.1. The zero-order valence-electron chi connectivity index (χ0n) is 8.45. The molecule has 1 aliphatic heterocycles. The van der Waals surface area contributed by atoms with E-state index in [0.29, 0.717) is 10.6 Å². The molecule has 15 heavy (non-hydrogen) atoms. The van der Waals surface area contributed by atoms with Crippen molar-refractivity contribution in [2.24, 2.45) is 5.92 Å². The minimum absolute atomic E-state index is 0.113. The summed E-state index contributed by atoms with van der Waals surface area (Å²) in [5, 5.41) is 4.80. The molecular formula is C12H13ClNO. The van der Waals surface area contributed by atoms with E-state index in [1.54, 1.807) is 12.1 Å². The first-order valence-electron chi connectivity index (χ1n) is 5.21. The van der Waals surface area contributed by atoms with Gasteiger partial charge in [-0.1, -0.05) is 23.7 Å². The zero-order chi connectivity index (χ0) is 10.7. The highest BCUT2D eigenvalue weighted by Crippen LogP contribution is 2.23. The summed E-state index contributed by atoms with van der Waals surface area (Å²) >= 11 is 5.99. The molecule has 2 nitrogen and oxygen atoms in total. The number of nitrogens with zero attached hydrogens (tertiary/aromatic N) is 1. The van der Waals surface area contributed by atoms with Crippen molar-refractivity contribution in [1.29, 1.82) is 0 Å². The van der Waals surface area contributed by atoms with Crippen molar-refractivity contribution in [2.75, 3.05) is 13.1 Å². The van der Waals surface area contributed by atoms with Crippen molar-refractivity contribution < 1.29 is 4.79 Å². The van der Waals surface area contributed by atoms with E-state index in [0.717, 1.165) is 25.9 Å². The molecule has 0 aromatic heterocycles. The van der Waals surface area contributed by atoms with Crippen LogP contribution in [-0.4, -0.2) is 18.9 Å². The average Bonchev–Trinajstić information content (AvgIpc) is 2.30. The molecule has 0 atom stereocenters. The van der Waals surface area contributed by atoms with Crippen molar-refractivity contribution in [2.45, 2.75) is 12.8 Å². The highest BCUT2D eigenvalue weighted by Gasteiger charge is 2.23. The molecular weight excluding hydrogens is 210 g/mol. The lowest BCUT2D eigenvalue weighted by Gasteiger charge is -2.20. The number of Topliss-reactive ketones (excluding diaryl/α,β-unsaturated/α-hetero) is 1. The molecule has 0 aliphatic carbocycles. The van der Waals surface area contributed by atoms with Crippen LogP contribution in [0.3, 0.4) is 0 Å². The third kappa shape index (κ3) is 2.39. The van der Waals surface area contributed by atoms with Crippen LogP contribution in [0.2, 0.25) is 5.02 Å². The smallest absolute Gasteiger partial charge is 0.167 e. The topological polar surface area (TPSA) is 31.2 Å². The second-order valence-corrected chi connectivity index (χ2v) is 4.20. The van der Waals surface area contributed by atoms with Gasteiger partial charge < -0.3 is 0 Å². The fourth-order valence-electron chi connectivity index (χ4n) is 1.89. The summed E-state index contributed by atoms with van der Waals surface area (Å²) in [6, 6.07) is 7.26. The molecule has 0 N–H and O–H groups in total. The van der Waals surface area contributed by atoms with Crippen LogP contribution in [0.5, 0.6) is 0 Å². The van der Waals surface area contributed by atoms with Crippen LogP contribution in [0.15, 0.2) is 24.3 Å². The van der Waals surface area contributed by atoms with E-state index in [1.807, 2.05) is 12.1 Å². The Hall–Kier alpha value is -0.860. The molecule has 1 aliphatic rings. The summed E-state index contributed by atoms with van der Waals surface area (Å²) in [6.07, 6.45) is 1.73. The fourth-order valence-corrected chi connectivity index (χ4v) is 2.12. The first kappa shape index (κ1) is 10.7. The van der Waals surface area contributed by atoms with Crippen LogP contribution in [0.25, 0.3) is 0 Å². The summed E-state index contributed by atoms with van der Waals surface area (Å²) in [5.74, 6) is 0.290. The van der Waals surface area contributed by atoms with E-state index in [9.17, 15) is 4.79 Å². The van der Waals surface area contributed by atoms with Gasteiger partial charge in [-0.25, -0.2) is 5.32 Å². The van der Waals surface area contributed by atoms with E-state index in [-0.39, 0.29) is 11.7 Å². The molecule has 1 aromatic rings. The minimum atomic E-state index is 0.113. The van der Waals surface area contributed by atoms with Gasteiger partial charge in [0.2, 0.25) is 0 Å². The molecule has 79 valence electrons. The molecule has 3 heteroatoms. The second kappa shape index (κ2) is 4.77. The summed E-state index contributed by atoms with van der Waals surface area (Å²) in [7, 11) is 0. The van der Waals surface area contributed by atoms with Crippen molar-refractivity contribution in [3.63, 3.8) is 0 Å². The maximum absolute atomic E-state index is 12.1. The third-order valence-electron chi connectivity index (χ3n) is 2.78. The van der Waals surface area contributed by atoms with Crippen LogP contribution < -0.4 is 5.32 Å². The van der Waals surface area contributed by atoms with E-state index in [2.05, 4.69) is 5.32 Å². The SMILES string of the molecule is O=C(c1ccccc1Cl)C1CC[N]CC1. The number of hydrogen-bond acceptors (Lipinski definition) is 1. The second-order valence-electron chi connectivity index (χ2n) is 3.79. The van der Waals surface area contributed by atoms with Crippen molar-refractivity contribution in [3.05, 3.63) is 34.9 Å². The number of carbonyl (C=O) groups excluding carboxylic acids is 1. The number of ketones is 1. The predicted molar refractivity (Wildman–Crippen MR) is 60.4 cm³/mol. The Morgan fingerprint density at radius 1 is 1.27 bits per heavy atom. The normalized spacial score (nSPS) is 17.7. The first-order chi connectivity index (χ1) is 7.29. The molecule has 2 rings (SSSR count). The first-order valence-corrected chi connectivity index (χ1v) is 5.59. The van der Waals surface area contributed by atoms with Gasteiger partial charge in [0.25, 0.3) is 0 Å². The van der Waals surface area contributed by atoms with Gasteiger partial charge in [-0.05, 0) is 25.0 Å². The number of rotatable bonds is 2. The number of halogens is 1. The number of piperidine rings is 1. The molecule has 1 aromatic carbocycles. The molecule has 1 saturated heterocycles. The molecule has 1 radical (unpaired) electrons. The lowest BCUT2D eigenvalue weighted by molar-refractivity contribution is 0.0894. The predicted octanol–water partition coefficient (Wildman–Crippen LogP) is 2.54. The molecule has 1 heterocycles. The standard InChI is InChI=1S/C12H13ClNO/c13-11-4-2-1-3-10(11)12(15)9-5-7-14-8-6-9/h1-4,9H,5-8H2. The van der Waals surface area contributed by atoms with Gasteiger partial charge in [-0.2, -0.15) is 0 Å². The Labute approximate surface area is 94.6 Å². The quantitative estimate of drug-likeness (QED) is 0.708. The third-order valence-corrected chi connectivity index (χ3v) is 3.11. The fraction of sp³-hybridized carbons (Fsp3) is 0.417. The van der Waals surface area contributed by atoms with Gasteiger partial charge in [0, 0.05) is 24.6 Å². The Kier molecular flexibility index (Phi) is 3.39. The van der Waals surface area contributed by atoms with E-state index in [1.165, 1.54) is 0 Å². The minimum Gasteiger partial charge on any atom is -0.294 e. The molecule has 0 bridgehead atoms. The van der Waals surface area contributed by atoms with Crippen LogP contribution in [0.1, 0.15) is 23.2 Å². The molecule has 0 amide bonds. The highest BCUT2D eigenvalue weighted by molar-refractivity contribution is 6.34.